The molecule has 1 aromatic carbocycles. The minimum Gasteiger partial charge on any atom is -0.444 e. The van der Waals surface area contributed by atoms with Crippen molar-refractivity contribution in [1.29, 1.82) is 0 Å². The predicted molar refractivity (Wildman–Crippen MR) is 129 cm³/mol. The molecule has 0 unspecified atom stereocenters. The summed E-state index contributed by atoms with van der Waals surface area (Å²) < 4.78 is 59.4. The van der Waals surface area contributed by atoms with Crippen LogP contribution in [0.4, 0.5) is 23.7 Å². The number of hydrogen-bond acceptors (Lipinski definition) is 7. The van der Waals surface area contributed by atoms with Gasteiger partial charge in [0, 0.05) is 12.0 Å². The quantitative estimate of drug-likeness (QED) is 0.370. The zero-order chi connectivity index (χ0) is 27.4. The van der Waals surface area contributed by atoms with Crippen LogP contribution in [0, 0.1) is 6.92 Å². The maximum absolute atomic E-state index is 14.5. The normalized spacial score (nSPS) is 13.6. The third-order valence-electron chi connectivity index (χ3n) is 5.06. The van der Waals surface area contributed by atoms with Gasteiger partial charge >= 0.3 is 12.3 Å². The van der Waals surface area contributed by atoms with Gasteiger partial charge in [-0.05, 0) is 39.3 Å². The van der Waals surface area contributed by atoms with Gasteiger partial charge in [0.2, 0.25) is 5.60 Å². The number of rotatable bonds is 8. The highest BCUT2D eigenvalue weighted by atomic mass is 19.4. The molecule has 2 heterocycles. The second-order valence-electron chi connectivity index (χ2n) is 9.20. The summed E-state index contributed by atoms with van der Waals surface area (Å²) in [5, 5.41) is 9.80. The van der Waals surface area contributed by atoms with Crippen LogP contribution in [0.2, 0.25) is 0 Å². The third kappa shape index (κ3) is 6.45. The molecule has 0 aliphatic carbocycles. The maximum atomic E-state index is 14.5. The van der Waals surface area contributed by atoms with Gasteiger partial charge in [-0.1, -0.05) is 36.4 Å². The zero-order valence-electron chi connectivity index (χ0n) is 20.7. The number of halogens is 3. The summed E-state index contributed by atoms with van der Waals surface area (Å²) in [5.74, 6) is -1.37. The van der Waals surface area contributed by atoms with Gasteiger partial charge in [-0.3, -0.25) is 10.1 Å². The largest absolute Gasteiger partial charge is 0.444 e. The Morgan fingerprint density at radius 2 is 1.86 bits per heavy atom. The fraction of sp³-hybridized carbons (Fsp3) is 0.360. The Bertz CT molecular complexity index is 1310. The lowest BCUT2D eigenvalue weighted by atomic mass is 9.98. The van der Waals surface area contributed by atoms with E-state index in [0.717, 1.165) is 6.08 Å². The highest BCUT2D eigenvalue weighted by Crippen LogP contribution is 2.46. The van der Waals surface area contributed by atoms with Crippen LogP contribution < -0.4 is 10.9 Å². The fourth-order valence-electron chi connectivity index (χ4n) is 3.31. The molecule has 0 aliphatic rings. The molecule has 0 aliphatic heterocycles. The van der Waals surface area contributed by atoms with E-state index < -0.39 is 53.8 Å². The van der Waals surface area contributed by atoms with Gasteiger partial charge in [-0.25, -0.2) is 4.79 Å². The van der Waals surface area contributed by atoms with E-state index in [1.807, 2.05) is 0 Å². The molecule has 3 rings (SSSR count). The van der Waals surface area contributed by atoms with Crippen LogP contribution in [-0.2, 0) is 21.7 Å². The molecule has 0 saturated carbocycles. The van der Waals surface area contributed by atoms with Crippen molar-refractivity contribution >= 4 is 11.8 Å². The van der Waals surface area contributed by atoms with Gasteiger partial charge in [-0.2, -0.15) is 13.2 Å². The van der Waals surface area contributed by atoms with Crippen LogP contribution >= 0.6 is 0 Å². The molecule has 0 spiro atoms. The first kappa shape index (κ1) is 27.7. The molecular weight excluding hydrogens is 493 g/mol. The minimum atomic E-state index is -4.97. The van der Waals surface area contributed by atoms with E-state index in [1.165, 1.54) is 13.0 Å². The van der Waals surface area contributed by atoms with Crippen molar-refractivity contribution in [2.45, 2.75) is 58.1 Å². The Hall–Kier alpha value is -3.93. The Morgan fingerprint density at radius 3 is 2.46 bits per heavy atom. The molecule has 2 N–H and O–H groups in total. The molecule has 0 fully saturated rings. The maximum Gasteiger partial charge on any atom is 0.426 e. The van der Waals surface area contributed by atoms with Crippen LogP contribution in [0.25, 0.3) is 11.6 Å². The predicted octanol–water partition coefficient (Wildman–Crippen LogP) is 5.63. The van der Waals surface area contributed by atoms with Gasteiger partial charge in [0.25, 0.3) is 17.3 Å². The number of anilines is 1. The Labute approximate surface area is 210 Å². The Morgan fingerprint density at radius 1 is 1.19 bits per heavy atom. The Balaban J connectivity index is 2.05. The van der Waals surface area contributed by atoms with Crippen LogP contribution in [0.5, 0.6) is 0 Å². The van der Waals surface area contributed by atoms with E-state index >= 15 is 0 Å². The minimum absolute atomic E-state index is 0.00640. The number of ether oxygens (including phenoxy) is 2. The highest BCUT2D eigenvalue weighted by molar-refractivity contribution is 5.89. The lowest BCUT2D eigenvalue weighted by molar-refractivity contribution is -0.295. The SMILES string of the molecule is C=CC[C@@](OCc1ccccc1)(c1nnc(-c2[nH]c(=O)c(C)cc2NC(=O)OC(C)(C)C)o1)C(F)(F)F. The number of alkyl halides is 3. The topological polar surface area (TPSA) is 119 Å². The second-order valence-corrected chi connectivity index (χ2v) is 9.20. The average Bonchev–Trinajstić information content (AvgIpc) is 3.28. The fourth-order valence-corrected chi connectivity index (χ4v) is 3.31. The molecule has 37 heavy (non-hydrogen) atoms. The summed E-state index contributed by atoms with van der Waals surface area (Å²) in [4.78, 5) is 27.1. The first-order valence-electron chi connectivity index (χ1n) is 11.2. The number of carbonyl (C=O) groups is 1. The van der Waals surface area contributed by atoms with Gasteiger partial charge in [-0.15, -0.1) is 16.8 Å². The number of nitrogens with zero attached hydrogens (tertiary/aromatic N) is 2. The molecule has 3 aromatic rings. The van der Waals surface area contributed by atoms with Crippen molar-refractivity contribution in [2.24, 2.45) is 0 Å². The van der Waals surface area contributed by atoms with Crippen LogP contribution in [-0.4, -0.2) is 33.1 Å². The summed E-state index contributed by atoms with van der Waals surface area (Å²) in [6, 6.07) is 9.59. The molecule has 198 valence electrons. The van der Waals surface area contributed by atoms with E-state index in [9.17, 15) is 22.8 Å². The lowest BCUT2D eigenvalue weighted by Crippen LogP contribution is -2.45. The van der Waals surface area contributed by atoms with Gasteiger partial charge in [0.1, 0.15) is 11.3 Å². The monoisotopic (exact) mass is 520 g/mol. The number of aryl methyl sites for hydroxylation is 1. The lowest BCUT2D eigenvalue weighted by Gasteiger charge is -2.31. The molecular formula is C25H27F3N4O5. The molecule has 1 atom stereocenters. The summed E-state index contributed by atoms with van der Waals surface area (Å²) in [6.45, 7) is 9.47. The van der Waals surface area contributed by atoms with Crippen LogP contribution in [0.15, 0.2) is 58.3 Å². The van der Waals surface area contributed by atoms with Gasteiger partial charge in [0.05, 0.1) is 12.3 Å². The molecule has 9 nitrogen and oxygen atoms in total. The zero-order valence-corrected chi connectivity index (χ0v) is 20.7. The van der Waals surface area contributed by atoms with E-state index in [1.54, 1.807) is 51.1 Å². The van der Waals surface area contributed by atoms with Crippen molar-refractivity contribution in [3.8, 4) is 11.6 Å². The van der Waals surface area contributed by atoms with Crippen LogP contribution in [0.3, 0.4) is 0 Å². The van der Waals surface area contributed by atoms with Crippen molar-refractivity contribution in [3.63, 3.8) is 0 Å². The summed E-state index contributed by atoms with van der Waals surface area (Å²) >= 11 is 0. The number of amides is 1. The van der Waals surface area contributed by atoms with E-state index in [-0.39, 0.29) is 16.9 Å². The first-order valence-corrected chi connectivity index (χ1v) is 11.2. The summed E-state index contributed by atoms with van der Waals surface area (Å²) in [5.41, 5.74) is -3.90. The molecule has 0 radical (unpaired) electrons. The number of nitrogens with one attached hydrogen (secondary N) is 2. The molecule has 2 aromatic heterocycles. The number of carbonyl (C=O) groups excluding carboxylic acids is 1. The van der Waals surface area contributed by atoms with Crippen molar-refractivity contribution in [2.75, 3.05) is 5.32 Å². The second kappa shape index (κ2) is 10.6. The van der Waals surface area contributed by atoms with Crippen molar-refractivity contribution < 1.29 is 31.9 Å². The van der Waals surface area contributed by atoms with E-state index in [4.69, 9.17) is 13.9 Å². The number of benzene rings is 1. The Kier molecular flexibility index (Phi) is 7.91. The standard InChI is InChI=1S/C25H27F3N4O5/c1-6-12-24(25(26,27)28,35-14-16-10-8-7-9-11-16)21-32-31-20(36-21)18-17(13-15(2)19(33)30-18)29-22(34)37-23(3,4)5/h6-11,13H,1,12,14H2,2-5H3,(H,29,34)(H,30,33)/t24-/m1/s1. The smallest absolute Gasteiger partial charge is 0.426 e. The van der Waals surface area contributed by atoms with Gasteiger partial charge < -0.3 is 18.9 Å². The molecule has 1 amide bonds. The van der Waals surface area contributed by atoms with E-state index in [2.05, 4.69) is 27.1 Å². The molecule has 0 bridgehead atoms. The number of hydrogen-bond donors (Lipinski definition) is 2. The van der Waals surface area contributed by atoms with Crippen LogP contribution in [0.1, 0.15) is 44.2 Å². The van der Waals surface area contributed by atoms with Crippen molar-refractivity contribution in [3.05, 3.63) is 76.4 Å². The first-order chi connectivity index (χ1) is 17.3. The highest BCUT2D eigenvalue weighted by Gasteiger charge is 2.60. The third-order valence-corrected chi connectivity index (χ3v) is 5.06. The number of pyridine rings is 1. The summed E-state index contributed by atoms with van der Waals surface area (Å²) in [6.07, 6.45) is -5.52. The van der Waals surface area contributed by atoms with Gasteiger partial charge in [0.15, 0.2) is 0 Å². The number of H-pyrrole nitrogens is 1. The average molecular weight is 521 g/mol. The van der Waals surface area contributed by atoms with Crippen molar-refractivity contribution in [1.82, 2.24) is 15.2 Å². The van der Waals surface area contributed by atoms with E-state index in [0.29, 0.717) is 5.56 Å². The summed E-state index contributed by atoms with van der Waals surface area (Å²) in [7, 11) is 0. The number of aromatic amines is 1. The molecule has 0 saturated heterocycles. The molecule has 12 heteroatoms. The number of aromatic nitrogens is 3.